The number of aliphatic carboxylic acids is 1. The van der Waals surface area contributed by atoms with Crippen LogP contribution in [-0.4, -0.2) is 42.3 Å². The third-order valence-electron chi connectivity index (χ3n) is 2.27. The average molecular weight is 243 g/mol. The number of carbonyl (C=O) groups is 2. The van der Waals surface area contributed by atoms with Gasteiger partial charge in [-0.25, -0.2) is 4.79 Å². The smallest absolute Gasteiger partial charge is 0.409 e. The van der Waals surface area contributed by atoms with E-state index < -0.39 is 5.97 Å². The summed E-state index contributed by atoms with van der Waals surface area (Å²) in [5, 5.41) is 8.44. The number of nitrogens with zero attached hydrogens (tertiary/aromatic N) is 1. The summed E-state index contributed by atoms with van der Waals surface area (Å²) in [6, 6.07) is 0. The van der Waals surface area contributed by atoms with Gasteiger partial charge in [-0.3, -0.25) is 4.79 Å². The first kappa shape index (κ1) is 15.5. The van der Waals surface area contributed by atoms with Gasteiger partial charge in [0.2, 0.25) is 0 Å². The number of carbonyl (C=O) groups excluding carboxylic acids is 1. The molecule has 98 valence electrons. The number of carboxylic acids is 1. The molecule has 0 heterocycles. The molecular formula is C12H21NO4. The molecule has 0 spiro atoms. The number of hydrogen-bond acceptors (Lipinski definition) is 3. The van der Waals surface area contributed by atoms with Gasteiger partial charge in [0.05, 0.1) is 0 Å². The minimum atomic E-state index is -0.755. The van der Waals surface area contributed by atoms with Crippen LogP contribution in [0, 0.1) is 0 Å². The maximum atomic E-state index is 11.3. The third-order valence-corrected chi connectivity index (χ3v) is 2.27. The molecule has 0 aromatic heterocycles. The highest BCUT2D eigenvalue weighted by atomic mass is 16.6. The van der Waals surface area contributed by atoms with E-state index in [0.29, 0.717) is 13.0 Å². The molecule has 0 fully saturated rings. The number of amides is 1. The molecule has 5 nitrogen and oxygen atoms in total. The number of ether oxygens (including phenoxy) is 1. The standard InChI is InChI=1S/C12H21NO4/c1-3-10-17-12(16)13(2)9-7-5-4-6-8-11(14)15/h3H,1,4-10H2,2H3,(H,14,15). The van der Waals surface area contributed by atoms with Crippen LogP contribution in [0.1, 0.15) is 32.1 Å². The molecule has 0 bridgehead atoms. The van der Waals surface area contributed by atoms with Crippen molar-refractivity contribution in [2.24, 2.45) is 0 Å². The second-order valence-electron chi connectivity index (χ2n) is 3.85. The lowest BCUT2D eigenvalue weighted by Gasteiger charge is -2.15. The predicted octanol–water partition coefficient (Wildman–Crippen LogP) is 2.28. The number of hydrogen-bond donors (Lipinski definition) is 1. The van der Waals surface area contributed by atoms with Crippen LogP contribution in [0.25, 0.3) is 0 Å². The molecule has 17 heavy (non-hydrogen) atoms. The van der Waals surface area contributed by atoms with Crippen molar-refractivity contribution in [3.05, 3.63) is 12.7 Å². The van der Waals surface area contributed by atoms with E-state index in [1.165, 1.54) is 11.0 Å². The first-order valence-electron chi connectivity index (χ1n) is 5.78. The van der Waals surface area contributed by atoms with Gasteiger partial charge in [-0.05, 0) is 12.8 Å². The zero-order chi connectivity index (χ0) is 13.1. The van der Waals surface area contributed by atoms with Crippen molar-refractivity contribution in [2.75, 3.05) is 20.2 Å². The molecule has 0 rings (SSSR count). The monoisotopic (exact) mass is 243 g/mol. The fourth-order valence-corrected chi connectivity index (χ4v) is 1.31. The van der Waals surface area contributed by atoms with Gasteiger partial charge in [0.25, 0.3) is 0 Å². The summed E-state index contributed by atoms with van der Waals surface area (Å²) < 4.78 is 4.85. The van der Waals surface area contributed by atoms with E-state index in [0.717, 1.165) is 19.3 Å². The van der Waals surface area contributed by atoms with Crippen LogP contribution in [0.3, 0.4) is 0 Å². The van der Waals surface area contributed by atoms with Gasteiger partial charge >= 0.3 is 12.1 Å². The molecule has 0 saturated carbocycles. The first-order chi connectivity index (χ1) is 8.07. The lowest BCUT2D eigenvalue weighted by Crippen LogP contribution is -2.28. The largest absolute Gasteiger partial charge is 0.481 e. The molecule has 0 atom stereocenters. The molecule has 5 heteroatoms. The fourth-order valence-electron chi connectivity index (χ4n) is 1.31. The van der Waals surface area contributed by atoms with Crippen LogP contribution in [0.5, 0.6) is 0 Å². The van der Waals surface area contributed by atoms with E-state index in [2.05, 4.69) is 6.58 Å². The Labute approximate surface area is 102 Å². The first-order valence-corrected chi connectivity index (χ1v) is 5.78. The Balaban J connectivity index is 3.43. The molecule has 0 saturated heterocycles. The summed E-state index contributed by atoms with van der Waals surface area (Å²) in [6.45, 7) is 4.31. The van der Waals surface area contributed by atoms with E-state index in [-0.39, 0.29) is 19.1 Å². The van der Waals surface area contributed by atoms with E-state index in [1.54, 1.807) is 7.05 Å². The molecule has 0 aromatic carbocycles. The van der Waals surface area contributed by atoms with Crippen molar-refractivity contribution in [2.45, 2.75) is 32.1 Å². The minimum absolute atomic E-state index is 0.219. The normalized spacial score (nSPS) is 9.71. The van der Waals surface area contributed by atoms with Crippen molar-refractivity contribution in [3.8, 4) is 0 Å². The summed E-state index contributed by atoms with van der Waals surface area (Å²) in [6.07, 6.45) is 4.75. The number of carboxylic acid groups (broad SMARTS) is 1. The highest BCUT2D eigenvalue weighted by molar-refractivity contribution is 5.67. The highest BCUT2D eigenvalue weighted by Crippen LogP contribution is 2.04. The number of rotatable bonds is 9. The average Bonchev–Trinajstić information content (AvgIpc) is 2.29. The van der Waals surface area contributed by atoms with Crippen molar-refractivity contribution >= 4 is 12.1 Å². The van der Waals surface area contributed by atoms with E-state index >= 15 is 0 Å². The second-order valence-corrected chi connectivity index (χ2v) is 3.85. The highest BCUT2D eigenvalue weighted by Gasteiger charge is 2.07. The Hall–Kier alpha value is -1.52. The zero-order valence-corrected chi connectivity index (χ0v) is 10.4. The Morgan fingerprint density at radius 2 is 1.94 bits per heavy atom. The molecule has 0 aliphatic rings. The van der Waals surface area contributed by atoms with Gasteiger partial charge in [0.15, 0.2) is 0 Å². The maximum absolute atomic E-state index is 11.3. The molecule has 0 aromatic rings. The molecular weight excluding hydrogens is 222 g/mol. The topological polar surface area (TPSA) is 66.8 Å². The fraction of sp³-hybridized carbons (Fsp3) is 0.667. The van der Waals surface area contributed by atoms with Gasteiger partial charge in [-0.1, -0.05) is 25.5 Å². The molecule has 1 N–H and O–H groups in total. The van der Waals surface area contributed by atoms with Gasteiger partial charge in [0, 0.05) is 20.0 Å². The van der Waals surface area contributed by atoms with Crippen LogP contribution in [0.2, 0.25) is 0 Å². The van der Waals surface area contributed by atoms with Crippen molar-refractivity contribution in [1.82, 2.24) is 4.90 Å². The summed E-state index contributed by atoms with van der Waals surface area (Å²) in [5.41, 5.74) is 0. The molecule has 0 unspecified atom stereocenters. The van der Waals surface area contributed by atoms with Crippen molar-refractivity contribution < 1.29 is 19.4 Å². The maximum Gasteiger partial charge on any atom is 0.409 e. The van der Waals surface area contributed by atoms with Crippen molar-refractivity contribution in [1.29, 1.82) is 0 Å². The molecule has 1 amide bonds. The van der Waals surface area contributed by atoms with E-state index in [1.807, 2.05) is 0 Å². The summed E-state index contributed by atoms with van der Waals surface area (Å²) >= 11 is 0. The van der Waals surface area contributed by atoms with Crippen LogP contribution < -0.4 is 0 Å². The molecule has 0 radical (unpaired) electrons. The lowest BCUT2D eigenvalue weighted by molar-refractivity contribution is -0.137. The lowest BCUT2D eigenvalue weighted by atomic mass is 10.1. The van der Waals surface area contributed by atoms with Gasteiger partial charge in [0.1, 0.15) is 6.61 Å². The Morgan fingerprint density at radius 3 is 2.53 bits per heavy atom. The Kier molecular flexibility index (Phi) is 8.82. The minimum Gasteiger partial charge on any atom is -0.481 e. The number of unbranched alkanes of at least 4 members (excludes halogenated alkanes) is 3. The molecule has 0 aliphatic heterocycles. The zero-order valence-electron chi connectivity index (χ0n) is 10.4. The van der Waals surface area contributed by atoms with Crippen LogP contribution in [0.4, 0.5) is 4.79 Å². The quantitative estimate of drug-likeness (QED) is 0.498. The molecule has 0 aliphatic carbocycles. The Bertz CT molecular complexity index is 253. The summed E-state index contributed by atoms with van der Waals surface area (Å²) in [5.74, 6) is -0.755. The van der Waals surface area contributed by atoms with E-state index in [4.69, 9.17) is 9.84 Å². The third kappa shape index (κ3) is 9.41. The van der Waals surface area contributed by atoms with Gasteiger partial charge in [-0.2, -0.15) is 0 Å². The van der Waals surface area contributed by atoms with Crippen molar-refractivity contribution in [3.63, 3.8) is 0 Å². The van der Waals surface area contributed by atoms with Gasteiger partial charge < -0.3 is 14.7 Å². The van der Waals surface area contributed by atoms with Crippen LogP contribution in [0.15, 0.2) is 12.7 Å². The van der Waals surface area contributed by atoms with Gasteiger partial charge in [-0.15, -0.1) is 0 Å². The predicted molar refractivity (Wildman–Crippen MR) is 64.9 cm³/mol. The van der Waals surface area contributed by atoms with Crippen LogP contribution >= 0.6 is 0 Å². The SMILES string of the molecule is C=CCOC(=O)N(C)CCCCCCC(=O)O. The van der Waals surface area contributed by atoms with Crippen LogP contribution in [-0.2, 0) is 9.53 Å². The second kappa shape index (κ2) is 9.69. The summed E-state index contributed by atoms with van der Waals surface area (Å²) in [4.78, 5) is 23.1. The summed E-state index contributed by atoms with van der Waals surface area (Å²) in [7, 11) is 1.68. The Morgan fingerprint density at radius 1 is 1.29 bits per heavy atom. The van der Waals surface area contributed by atoms with E-state index in [9.17, 15) is 9.59 Å².